The van der Waals surface area contributed by atoms with Crippen molar-refractivity contribution < 1.29 is 13.9 Å². The van der Waals surface area contributed by atoms with Crippen LogP contribution < -0.4 is 10.4 Å². The molecule has 1 heterocycles. The van der Waals surface area contributed by atoms with Crippen LogP contribution in [0.15, 0.2) is 39.5 Å². The Balaban J connectivity index is 2.25. The van der Waals surface area contributed by atoms with Gasteiger partial charge in [0.25, 0.3) is 0 Å². The number of ether oxygens (including phenoxy) is 1. The molecule has 18 heavy (non-hydrogen) atoms. The summed E-state index contributed by atoms with van der Waals surface area (Å²) in [5.74, 6) is -0.450. The highest BCUT2D eigenvalue weighted by atomic mass is 16.5. The molecule has 0 amide bonds. The fraction of sp³-hybridized carbons (Fsp3) is 0.286. The molecule has 0 saturated heterocycles. The van der Waals surface area contributed by atoms with Gasteiger partial charge < -0.3 is 9.15 Å². The highest BCUT2D eigenvalue weighted by Crippen LogP contribution is 2.16. The topological polar surface area (TPSA) is 56.5 Å². The third-order valence-electron chi connectivity index (χ3n) is 2.57. The Bertz CT molecular complexity index is 612. The van der Waals surface area contributed by atoms with Crippen LogP contribution in [0.3, 0.4) is 0 Å². The molecule has 0 atom stereocenters. The summed E-state index contributed by atoms with van der Waals surface area (Å²) < 4.78 is 10.1. The van der Waals surface area contributed by atoms with Crippen molar-refractivity contribution in [1.29, 1.82) is 0 Å². The minimum atomic E-state index is -0.626. The number of benzene rings is 1. The second-order valence-electron chi connectivity index (χ2n) is 4.01. The molecule has 2 rings (SSSR count). The quantitative estimate of drug-likeness (QED) is 0.614. The first-order valence-corrected chi connectivity index (χ1v) is 5.94. The van der Waals surface area contributed by atoms with Gasteiger partial charge in [0.15, 0.2) is 0 Å². The van der Waals surface area contributed by atoms with E-state index in [1.807, 2.05) is 13.0 Å². The molecule has 4 heteroatoms. The fourth-order valence-electron chi connectivity index (χ4n) is 1.61. The predicted octanol–water partition coefficient (Wildman–Crippen LogP) is 2.89. The number of hydrogen-bond donors (Lipinski definition) is 0. The number of esters is 1. The monoisotopic (exact) mass is 246 g/mol. The van der Waals surface area contributed by atoms with Crippen molar-refractivity contribution in [2.24, 2.45) is 0 Å². The zero-order valence-electron chi connectivity index (χ0n) is 10.1. The van der Waals surface area contributed by atoms with Crippen molar-refractivity contribution in [2.75, 3.05) is 0 Å². The molecule has 0 fully saturated rings. The van der Waals surface area contributed by atoms with E-state index < -0.39 is 11.6 Å². The number of rotatable bonds is 4. The van der Waals surface area contributed by atoms with Crippen LogP contribution in [0.25, 0.3) is 11.0 Å². The van der Waals surface area contributed by atoms with Crippen LogP contribution in [0.1, 0.15) is 26.2 Å². The molecule has 2 aromatic rings. The molecule has 0 aliphatic rings. The van der Waals surface area contributed by atoms with Gasteiger partial charge in [0, 0.05) is 11.8 Å². The number of hydrogen-bond acceptors (Lipinski definition) is 4. The van der Waals surface area contributed by atoms with E-state index in [1.54, 1.807) is 18.2 Å². The Kier molecular flexibility index (Phi) is 3.77. The highest BCUT2D eigenvalue weighted by Gasteiger charge is 2.10. The van der Waals surface area contributed by atoms with Gasteiger partial charge in [-0.1, -0.05) is 31.5 Å². The summed E-state index contributed by atoms with van der Waals surface area (Å²) in [5.41, 5.74) is -0.144. The first kappa shape index (κ1) is 12.4. The van der Waals surface area contributed by atoms with Gasteiger partial charge in [0.2, 0.25) is 5.75 Å². The van der Waals surface area contributed by atoms with E-state index in [9.17, 15) is 9.59 Å². The molecule has 4 nitrogen and oxygen atoms in total. The maximum Gasteiger partial charge on any atom is 0.379 e. The zero-order chi connectivity index (χ0) is 13.0. The second kappa shape index (κ2) is 5.49. The molecule has 0 aliphatic carbocycles. The summed E-state index contributed by atoms with van der Waals surface area (Å²) in [7, 11) is 0. The largest absolute Gasteiger partial charge is 0.420 e. The Morgan fingerprint density at radius 2 is 2.11 bits per heavy atom. The zero-order valence-corrected chi connectivity index (χ0v) is 10.1. The Morgan fingerprint density at radius 1 is 1.33 bits per heavy atom. The smallest absolute Gasteiger partial charge is 0.379 e. The van der Waals surface area contributed by atoms with Gasteiger partial charge in [-0.25, -0.2) is 4.79 Å². The minimum Gasteiger partial charge on any atom is -0.420 e. The molecular weight excluding hydrogens is 232 g/mol. The SMILES string of the molecule is CCCCC(=O)Oc1cc2ccccc2oc1=O. The van der Waals surface area contributed by atoms with Gasteiger partial charge in [-0.2, -0.15) is 0 Å². The molecule has 0 radical (unpaired) electrons. The highest BCUT2D eigenvalue weighted by molar-refractivity contribution is 5.79. The summed E-state index contributed by atoms with van der Waals surface area (Å²) in [6.45, 7) is 1.98. The van der Waals surface area contributed by atoms with E-state index in [2.05, 4.69) is 0 Å². The van der Waals surface area contributed by atoms with Crippen LogP contribution >= 0.6 is 0 Å². The number of para-hydroxylation sites is 1. The number of unbranched alkanes of at least 4 members (excludes halogenated alkanes) is 1. The van der Waals surface area contributed by atoms with Gasteiger partial charge in [-0.3, -0.25) is 4.79 Å². The van der Waals surface area contributed by atoms with Crippen LogP contribution in [-0.2, 0) is 4.79 Å². The van der Waals surface area contributed by atoms with Crippen molar-refractivity contribution in [3.05, 3.63) is 40.8 Å². The summed E-state index contributed by atoms with van der Waals surface area (Å²) in [6, 6.07) is 8.62. The maximum atomic E-state index is 11.6. The third kappa shape index (κ3) is 2.77. The summed E-state index contributed by atoms with van der Waals surface area (Å²) in [5, 5.41) is 0.732. The summed E-state index contributed by atoms with van der Waals surface area (Å²) in [6.07, 6.45) is 1.96. The fourth-order valence-corrected chi connectivity index (χ4v) is 1.61. The predicted molar refractivity (Wildman–Crippen MR) is 67.6 cm³/mol. The molecule has 1 aromatic carbocycles. The Hall–Kier alpha value is -2.10. The van der Waals surface area contributed by atoms with Gasteiger partial charge in [-0.05, 0) is 18.6 Å². The number of carbonyl (C=O) groups excluding carboxylic acids is 1. The van der Waals surface area contributed by atoms with Gasteiger partial charge in [0.05, 0.1) is 0 Å². The first-order valence-electron chi connectivity index (χ1n) is 5.94. The van der Waals surface area contributed by atoms with Crippen molar-refractivity contribution in [2.45, 2.75) is 26.2 Å². The lowest BCUT2D eigenvalue weighted by atomic mass is 10.2. The number of fused-ring (bicyclic) bond motifs is 1. The molecule has 94 valence electrons. The van der Waals surface area contributed by atoms with E-state index in [0.29, 0.717) is 12.0 Å². The molecule has 0 saturated carbocycles. The molecule has 0 spiro atoms. The van der Waals surface area contributed by atoms with Crippen molar-refractivity contribution in [1.82, 2.24) is 0 Å². The lowest BCUT2D eigenvalue weighted by molar-refractivity contribution is -0.134. The van der Waals surface area contributed by atoms with E-state index in [1.165, 1.54) is 6.07 Å². The molecule has 0 unspecified atom stereocenters. The van der Waals surface area contributed by atoms with Crippen LogP contribution in [0.4, 0.5) is 0 Å². The molecule has 0 N–H and O–H groups in total. The lowest BCUT2D eigenvalue weighted by Crippen LogP contribution is -2.13. The Labute approximate surface area is 104 Å². The van der Waals surface area contributed by atoms with Gasteiger partial charge in [-0.15, -0.1) is 0 Å². The first-order chi connectivity index (χ1) is 8.70. The van der Waals surface area contributed by atoms with Crippen molar-refractivity contribution in [3.8, 4) is 5.75 Å². The summed E-state index contributed by atoms with van der Waals surface area (Å²) in [4.78, 5) is 23.1. The van der Waals surface area contributed by atoms with Gasteiger partial charge >= 0.3 is 11.6 Å². The lowest BCUT2D eigenvalue weighted by Gasteiger charge is -2.03. The molecule has 0 bridgehead atoms. The van der Waals surface area contributed by atoms with E-state index in [4.69, 9.17) is 9.15 Å². The standard InChI is InChI=1S/C14H14O4/c1-2-3-8-13(15)17-12-9-10-6-4-5-7-11(10)18-14(12)16/h4-7,9H,2-3,8H2,1H3. The maximum absolute atomic E-state index is 11.6. The average Bonchev–Trinajstić information content (AvgIpc) is 2.37. The minimum absolute atomic E-state index is 0.0465. The van der Waals surface area contributed by atoms with Gasteiger partial charge in [0.1, 0.15) is 5.58 Å². The summed E-state index contributed by atoms with van der Waals surface area (Å²) >= 11 is 0. The van der Waals surface area contributed by atoms with Crippen LogP contribution in [-0.4, -0.2) is 5.97 Å². The second-order valence-corrected chi connectivity index (χ2v) is 4.01. The van der Waals surface area contributed by atoms with Crippen LogP contribution in [0, 0.1) is 0 Å². The van der Waals surface area contributed by atoms with E-state index >= 15 is 0 Å². The normalized spacial score (nSPS) is 10.5. The number of carbonyl (C=O) groups is 1. The van der Waals surface area contributed by atoms with Crippen LogP contribution in [0.5, 0.6) is 5.75 Å². The van der Waals surface area contributed by atoms with Crippen molar-refractivity contribution in [3.63, 3.8) is 0 Å². The molecule has 0 aliphatic heterocycles. The average molecular weight is 246 g/mol. The molecular formula is C14H14O4. The van der Waals surface area contributed by atoms with E-state index in [-0.39, 0.29) is 5.75 Å². The van der Waals surface area contributed by atoms with E-state index in [0.717, 1.165) is 18.2 Å². The Morgan fingerprint density at radius 3 is 2.89 bits per heavy atom. The van der Waals surface area contributed by atoms with Crippen molar-refractivity contribution >= 4 is 16.9 Å². The third-order valence-corrected chi connectivity index (χ3v) is 2.57. The molecule has 1 aromatic heterocycles. The van der Waals surface area contributed by atoms with Crippen LogP contribution in [0.2, 0.25) is 0 Å².